The largest absolute Gasteiger partial charge is 0.545 e. The number of hydrogen-bond acceptors (Lipinski definition) is 4. The summed E-state index contributed by atoms with van der Waals surface area (Å²) in [5.41, 5.74) is 2.16. The Morgan fingerprint density at radius 3 is 2.50 bits per heavy atom. The highest BCUT2D eigenvalue weighted by molar-refractivity contribution is 7.16. The molecule has 0 aliphatic carbocycles. The van der Waals surface area contributed by atoms with Gasteiger partial charge in [0.05, 0.1) is 5.97 Å². The van der Waals surface area contributed by atoms with Gasteiger partial charge >= 0.3 is 0 Å². The summed E-state index contributed by atoms with van der Waals surface area (Å²) >= 11 is 1.24. The second-order valence-corrected chi connectivity index (χ2v) is 5.82. The molecule has 2 aromatic rings. The molecule has 104 valence electrons. The Morgan fingerprint density at radius 2 is 1.90 bits per heavy atom. The zero-order chi connectivity index (χ0) is 14.9. The Morgan fingerprint density at radius 1 is 1.20 bits per heavy atom. The number of amides is 1. The van der Waals surface area contributed by atoms with E-state index in [9.17, 15) is 14.7 Å². The van der Waals surface area contributed by atoms with Gasteiger partial charge in [0.1, 0.15) is 5.00 Å². The molecule has 1 heterocycles. The Labute approximate surface area is 121 Å². The van der Waals surface area contributed by atoms with E-state index < -0.39 is 5.97 Å². The van der Waals surface area contributed by atoms with E-state index in [1.165, 1.54) is 11.3 Å². The van der Waals surface area contributed by atoms with E-state index in [1.807, 2.05) is 19.9 Å². The molecule has 1 aromatic carbocycles. The summed E-state index contributed by atoms with van der Waals surface area (Å²) in [5, 5.41) is 14.2. The first-order valence-corrected chi connectivity index (χ1v) is 6.91. The predicted octanol–water partition coefficient (Wildman–Crippen LogP) is 2.29. The van der Waals surface area contributed by atoms with Gasteiger partial charge in [0, 0.05) is 16.0 Å². The maximum atomic E-state index is 12.1. The Kier molecular flexibility index (Phi) is 3.90. The van der Waals surface area contributed by atoms with Crippen LogP contribution in [0.3, 0.4) is 0 Å². The molecule has 0 aliphatic heterocycles. The fourth-order valence-corrected chi connectivity index (χ4v) is 2.97. The SMILES string of the molecule is Cc1cccc(C(=O)Nc2sc(C)c(C)c2C(=O)[O-])c1. The van der Waals surface area contributed by atoms with Gasteiger partial charge in [-0.05, 0) is 38.5 Å². The van der Waals surface area contributed by atoms with Gasteiger partial charge in [-0.25, -0.2) is 0 Å². The van der Waals surface area contributed by atoms with Crippen molar-refractivity contribution in [2.24, 2.45) is 0 Å². The summed E-state index contributed by atoms with van der Waals surface area (Å²) < 4.78 is 0. The van der Waals surface area contributed by atoms with Gasteiger partial charge < -0.3 is 15.2 Å². The third kappa shape index (κ3) is 2.72. The molecule has 0 aliphatic rings. The number of rotatable bonds is 3. The lowest BCUT2D eigenvalue weighted by atomic mass is 10.1. The topological polar surface area (TPSA) is 69.2 Å². The van der Waals surface area contributed by atoms with Crippen molar-refractivity contribution >= 4 is 28.2 Å². The molecule has 20 heavy (non-hydrogen) atoms. The average molecular weight is 288 g/mol. The van der Waals surface area contributed by atoms with Gasteiger partial charge in [-0.15, -0.1) is 11.3 Å². The number of nitrogens with one attached hydrogen (secondary N) is 1. The Hall–Kier alpha value is -2.14. The number of carbonyl (C=O) groups excluding carboxylic acids is 2. The standard InChI is InChI=1S/C15H15NO3S/c1-8-5-4-6-11(7-8)13(17)16-14-12(15(18)19)9(2)10(3)20-14/h4-7H,1-3H3,(H,16,17)(H,18,19)/p-1. The van der Waals surface area contributed by atoms with Crippen molar-refractivity contribution in [3.8, 4) is 0 Å². The zero-order valence-electron chi connectivity index (χ0n) is 11.4. The van der Waals surface area contributed by atoms with E-state index in [1.54, 1.807) is 25.1 Å². The average Bonchev–Trinajstić information content (AvgIpc) is 2.64. The molecule has 0 saturated heterocycles. The first kappa shape index (κ1) is 14.3. The molecule has 0 atom stereocenters. The van der Waals surface area contributed by atoms with Crippen LogP contribution in [-0.2, 0) is 0 Å². The van der Waals surface area contributed by atoms with Crippen LogP contribution in [0.15, 0.2) is 24.3 Å². The Bertz CT molecular complexity index is 688. The third-order valence-corrected chi connectivity index (χ3v) is 4.22. The van der Waals surface area contributed by atoms with E-state index in [-0.39, 0.29) is 11.5 Å². The normalized spacial score (nSPS) is 10.3. The summed E-state index contributed by atoms with van der Waals surface area (Å²) in [7, 11) is 0. The second-order valence-electron chi connectivity index (χ2n) is 4.60. The number of aromatic carboxylic acids is 1. The maximum Gasteiger partial charge on any atom is 0.256 e. The van der Waals surface area contributed by atoms with Gasteiger partial charge in [-0.2, -0.15) is 0 Å². The first-order chi connectivity index (χ1) is 9.40. The van der Waals surface area contributed by atoms with Crippen molar-refractivity contribution in [2.75, 3.05) is 5.32 Å². The van der Waals surface area contributed by atoms with Crippen LogP contribution >= 0.6 is 11.3 Å². The number of thiophene rings is 1. The molecule has 0 bridgehead atoms. The van der Waals surface area contributed by atoms with Crippen molar-refractivity contribution in [2.45, 2.75) is 20.8 Å². The smallest absolute Gasteiger partial charge is 0.256 e. The van der Waals surface area contributed by atoms with Gasteiger partial charge in [0.15, 0.2) is 0 Å². The fourth-order valence-electron chi connectivity index (χ4n) is 1.92. The molecule has 1 N–H and O–H groups in total. The number of benzene rings is 1. The van der Waals surface area contributed by atoms with Gasteiger partial charge in [0.2, 0.25) is 0 Å². The minimum absolute atomic E-state index is 0.0634. The highest BCUT2D eigenvalue weighted by Gasteiger charge is 2.16. The first-order valence-electron chi connectivity index (χ1n) is 6.09. The van der Waals surface area contributed by atoms with Crippen LogP contribution in [-0.4, -0.2) is 11.9 Å². The molecule has 0 saturated carbocycles. The number of carboxylic acids is 1. The van der Waals surface area contributed by atoms with Crippen molar-refractivity contribution in [1.82, 2.24) is 0 Å². The molecule has 2 rings (SSSR count). The molecular formula is C15H14NO3S-. The number of carbonyl (C=O) groups is 2. The molecule has 1 aromatic heterocycles. The molecule has 4 nitrogen and oxygen atoms in total. The van der Waals surface area contributed by atoms with Crippen LogP contribution in [0, 0.1) is 20.8 Å². The molecule has 0 fully saturated rings. The van der Waals surface area contributed by atoms with Crippen LogP contribution in [0.2, 0.25) is 0 Å². The van der Waals surface area contributed by atoms with E-state index in [4.69, 9.17) is 0 Å². The number of anilines is 1. The molecule has 1 amide bonds. The van der Waals surface area contributed by atoms with Crippen molar-refractivity contribution in [3.05, 3.63) is 51.4 Å². The van der Waals surface area contributed by atoms with Gasteiger partial charge in [-0.3, -0.25) is 4.79 Å². The number of hydrogen-bond donors (Lipinski definition) is 1. The molecule has 0 unspecified atom stereocenters. The lowest BCUT2D eigenvalue weighted by molar-refractivity contribution is -0.254. The fraction of sp³-hybridized carbons (Fsp3) is 0.200. The van der Waals surface area contributed by atoms with E-state index in [0.717, 1.165) is 10.4 Å². The van der Waals surface area contributed by atoms with Crippen molar-refractivity contribution in [1.29, 1.82) is 0 Å². The molecule has 0 radical (unpaired) electrons. The molecule has 0 spiro atoms. The lowest BCUT2D eigenvalue weighted by Crippen LogP contribution is -2.24. The predicted molar refractivity (Wildman–Crippen MR) is 77.3 cm³/mol. The molecule has 5 heteroatoms. The molecular weight excluding hydrogens is 274 g/mol. The number of aryl methyl sites for hydroxylation is 2. The lowest BCUT2D eigenvalue weighted by Gasteiger charge is -2.08. The minimum atomic E-state index is -1.27. The minimum Gasteiger partial charge on any atom is -0.545 e. The van der Waals surface area contributed by atoms with E-state index in [2.05, 4.69) is 5.32 Å². The van der Waals surface area contributed by atoms with Crippen LogP contribution in [0.25, 0.3) is 0 Å². The van der Waals surface area contributed by atoms with E-state index in [0.29, 0.717) is 16.1 Å². The van der Waals surface area contributed by atoms with Crippen LogP contribution in [0.1, 0.15) is 36.7 Å². The summed E-state index contributed by atoms with van der Waals surface area (Å²) in [5.74, 6) is -1.59. The van der Waals surface area contributed by atoms with E-state index >= 15 is 0 Å². The summed E-state index contributed by atoms with van der Waals surface area (Å²) in [6, 6.07) is 7.12. The van der Waals surface area contributed by atoms with Gasteiger partial charge in [0.25, 0.3) is 5.91 Å². The van der Waals surface area contributed by atoms with Gasteiger partial charge in [-0.1, -0.05) is 17.7 Å². The number of carboxylic acid groups (broad SMARTS) is 1. The summed E-state index contributed by atoms with van der Waals surface area (Å²) in [6.45, 7) is 5.41. The highest BCUT2D eigenvalue weighted by Crippen LogP contribution is 2.32. The zero-order valence-corrected chi connectivity index (χ0v) is 12.3. The highest BCUT2D eigenvalue weighted by atomic mass is 32.1. The quantitative estimate of drug-likeness (QED) is 0.942. The van der Waals surface area contributed by atoms with Crippen LogP contribution in [0.5, 0.6) is 0 Å². The third-order valence-electron chi connectivity index (χ3n) is 3.10. The maximum absolute atomic E-state index is 12.1. The van der Waals surface area contributed by atoms with Crippen molar-refractivity contribution < 1.29 is 14.7 Å². The Balaban J connectivity index is 2.33. The van der Waals surface area contributed by atoms with Crippen molar-refractivity contribution in [3.63, 3.8) is 0 Å². The summed E-state index contributed by atoms with van der Waals surface area (Å²) in [6.07, 6.45) is 0. The second kappa shape index (κ2) is 5.46. The van der Waals surface area contributed by atoms with Crippen LogP contribution in [0.4, 0.5) is 5.00 Å². The summed E-state index contributed by atoms with van der Waals surface area (Å²) in [4.78, 5) is 24.2. The monoisotopic (exact) mass is 288 g/mol. The van der Waals surface area contributed by atoms with Crippen LogP contribution < -0.4 is 10.4 Å².